The molecule has 1 aliphatic rings. The van der Waals surface area contributed by atoms with Crippen molar-refractivity contribution in [3.63, 3.8) is 0 Å². The van der Waals surface area contributed by atoms with Crippen LogP contribution in [0.25, 0.3) is 0 Å². The smallest absolute Gasteiger partial charge is 0.339 e. The third-order valence-corrected chi connectivity index (χ3v) is 2.19. The fraction of sp³-hybridized carbons (Fsp3) is 0.222. The average Bonchev–Trinajstić information content (AvgIpc) is 2.28. The van der Waals surface area contributed by atoms with Crippen molar-refractivity contribution in [2.24, 2.45) is 0 Å². The number of hydrogen-bond acceptors (Lipinski definition) is 2. The average molecular weight is 183 g/mol. The molecule has 1 aliphatic heterocycles. The lowest BCUT2D eigenvalue weighted by Crippen LogP contribution is -1.93. The van der Waals surface area contributed by atoms with Crippen molar-refractivity contribution < 1.29 is 9.53 Å². The first kappa shape index (κ1) is 7.62. The van der Waals surface area contributed by atoms with E-state index in [9.17, 15) is 4.79 Å². The quantitative estimate of drug-likeness (QED) is 0.577. The number of fused-ring (bicyclic) bond motifs is 1. The van der Waals surface area contributed by atoms with Gasteiger partial charge < -0.3 is 4.74 Å². The van der Waals surface area contributed by atoms with Gasteiger partial charge in [-0.2, -0.15) is 0 Å². The van der Waals surface area contributed by atoms with E-state index in [-0.39, 0.29) is 12.1 Å². The highest BCUT2D eigenvalue weighted by atomic mass is 35.5. The minimum absolute atomic E-state index is 0.134. The van der Waals surface area contributed by atoms with Gasteiger partial charge in [0.05, 0.1) is 5.56 Å². The van der Waals surface area contributed by atoms with E-state index in [4.69, 9.17) is 16.3 Å². The lowest BCUT2D eigenvalue weighted by Gasteiger charge is -2.00. The van der Waals surface area contributed by atoms with E-state index >= 15 is 0 Å². The Hall–Kier alpha value is -1.02. The molecule has 62 valence electrons. The van der Waals surface area contributed by atoms with Crippen LogP contribution in [-0.4, -0.2) is 5.97 Å². The molecular weight excluding hydrogens is 176 g/mol. The summed E-state index contributed by atoms with van der Waals surface area (Å²) in [6.45, 7) is 1.84. The maximum Gasteiger partial charge on any atom is 0.339 e. The number of esters is 1. The Morgan fingerprint density at radius 3 is 3.00 bits per heavy atom. The number of rotatable bonds is 0. The van der Waals surface area contributed by atoms with Crippen LogP contribution in [0.5, 0.6) is 0 Å². The van der Waals surface area contributed by atoms with E-state index in [1.165, 1.54) is 0 Å². The van der Waals surface area contributed by atoms with Crippen LogP contribution in [0.2, 0.25) is 5.02 Å². The Morgan fingerprint density at radius 1 is 1.50 bits per heavy atom. The number of hydrogen-bond donors (Lipinski definition) is 0. The molecule has 0 aliphatic carbocycles. The van der Waals surface area contributed by atoms with Gasteiger partial charge in [-0.1, -0.05) is 17.7 Å². The first-order valence-electron chi connectivity index (χ1n) is 3.69. The van der Waals surface area contributed by atoms with Crippen LogP contribution < -0.4 is 0 Å². The second-order valence-corrected chi connectivity index (χ2v) is 3.22. The van der Waals surface area contributed by atoms with Crippen molar-refractivity contribution in [1.82, 2.24) is 0 Å². The Balaban J connectivity index is 2.60. The summed E-state index contributed by atoms with van der Waals surface area (Å²) in [5.74, 6) is -0.278. The van der Waals surface area contributed by atoms with E-state index in [2.05, 4.69) is 0 Å². The van der Waals surface area contributed by atoms with Crippen LogP contribution >= 0.6 is 11.6 Å². The molecule has 0 aromatic heterocycles. The highest BCUT2D eigenvalue weighted by molar-refractivity contribution is 6.31. The van der Waals surface area contributed by atoms with Gasteiger partial charge in [-0.15, -0.1) is 0 Å². The normalized spacial score (nSPS) is 20.5. The number of halogens is 1. The molecule has 0 saturated heterocycles. The molecule has 0 unspecified atom stereocenters. The molecule has 0 radical (unpaired) electrons. The fourth-order valence-corrected chi connectivity index (χ4v) is 1.52. The topological polar surface area (TPSA) is 26.3 Å². The highest BCUT2D eigenvalue weighted by Gasteiger charge is 2.27. The molecule has 0 spiro atoms. The largest absolute Gasteiger partial charge is 0.454 e. The summed E-state index contributed by atoms with van der Waals surface area (Å²) < 4.78 is 4.99. The van der Waals surface area contributed by atoms with E-state index in [1.54, 1.807) is 12.1 Å². The van der Waals surface area contributed by atoms with Gasteiger partial charge in [0.1, 0.15) is 6.10 Å². The molecule has 1 aromatic rings. The summed E-state index contributed by atoms with van der Waals surface area (Å²) in [5.41, 5.74) is 1.51. The molecule has 2 nitrogen and oxygen atoms in total. The van der Waals surface area contributed by atoms with Gasteiger partial charge in [-0.05, 0) is 19.1 Å². The molecule has 0 fully saturated rings. The van der Waals surface area contributed by atoms with Crippen molar-refractivity contribution in [3.05, 3.63) is 34.3 Å². The van der Waals surface area contributed by atoms with Crippen molar-refractivity contribution in [2.75, 3.05) is 0 Å². The van der Waals surface area contributed by atoms with E-state index in [0.717, 1.165) is 5.56 Å². The van der Waals surface area contributed by atoms with Gasteiger partial charge in [0.15, 0.2) is 0 Å². The predicted octanol–water partition coefficient (Wildman–Crippen LogP) is 2.57. The molecule has 0 bridgehead atoms. The third kappa shape index (κ3) is 0.994. The number of benzene rings is 1. The zero-order valence-corrected chi connectivity index (χ0v) is 7.26. The van der Waals surface area contributed by atoms with E-state index < -0.39 is 0 Å². The van der Waals surface area contributed by atoms with Crippen LogP contribution in [0.1, 0.15) is 28.9 Å². The van der Waals surface area contributed by atoms with Crippen LogP contribution in [0, 0.1) is 0 Å². The molecule has 12 heavy (non-hydrogen) atoms. The van der Waals surface area contributed by atoms with Gasteiger partial charge in [0.25, 0.3) is 0 Å². The zero-order chi connectivity index (χ0) is 8.72. The summed E-state index contributed by atoms with van der Waals surface area (Å²) >= 11 is 5.73. The minimum atomic E-state index is -0.278. The molecule has 1 heterocycles. The van der Waals surface area contributed by atoms with Gasteiger partial charge >= 0.3 is 5.97 Å². The summed E-state index contributed by atoms with van der Waals surface area (Å²) in [5, 5.41) is 0.569. The molecule has 2 rings (SSSR count). The number of ether oxygens (including phenoxy) is 1. The van der Waals surface area contributed by atoms with Crippen molar-refractivity contribution >= 4 is 17.6 Å². The summed E-state index contributed by atoms with van der Waals surface area (Å²) in [7, 11) is 0. The number of cyclic esters (lactones) is 1. The maximum atomic E-state index is 11.1. The second kappa shape index (κ2) is 2.49. The Morgan fingerprint density at radius 2 is 2.25 bits per heavy atom. The first-order chi connectivity index (χ1) is 5.68. The van der Waals surface area contributed by atoms with E-state index in [0.29, 0.717) is 10.6 Å². The highest BCUT2D eigenvalue weighted by Crippen LogP contribution is 2.31. The Bertz CT molecular complexity index is 346. The lowest BCUT2D eigenvalue weighted by atomic mass is 10.1. The van der Waals surface area contributed by atoms with Gasteiger partial charge in [-0.3, -0.25) is 0 Å². The van der Waals surface area contributed by atoms with Gasteiger partial charge in [-0.25, -0.2) is 4.79 Å². The monoisotopic (exact) mass is 182 g/mol. The number of carbonyl (C=O) groups is 1. The summed E-state index contributed by atoms with van der Waals surface area (Å²) in [6, 6.07) is 5.23. The standard InChI is InChI=1S/C9H7ClO2/c1-5-7-3-2-6(10)4-8(7)9(11)12-5/h2-5H,1H3/t5-/m0/s1. The molecule has 0 N–H and O–H groups in total. The SMILES string of the molecule is C[C@@H]1OC(=O)c2cc(Cl)ccc21. The van der Waals surface area contributed by atoms with Crippen molar-refractivity contribution in [2.45, 2.75) is 13.0 Å². The predicted molar refractivity (Wildman–Crippen MR) is 45.3 cm³/mol. The lowest BCUT2D eigenvalue weighted by molar-refractivity contribution is 0.0422. The fourth-order valence-electron chi connectivity index (χ4n) is 1.35. The van der Waals surface area contributed by atoms with Crippen molar-refractivity contribution in [1.29, 1.82) is 0 Å². The maximum absolute atomic E-state index is 11.1. The molecule has 1 atom stereocenters. The van der Waals surface area contributed by atoms with Crippen LogP contribution in [-0.2, 0) is 4.74 Å². The molecule has 3 heteroatoms. The van der Waals surface area contributed by atoms with Crippen molar-refractivity contribution in [3.8, 4) is 0 Å². The zero-order valence-electron chi connectivity index (χ0n) is 6.50. The number of carbonyl (C=O) groups excluding carboxylic acids is 1. The second-order valence-electron chi connectivity index (χ2n) is 2.78. The van der Waals surface area contributed by atoms with Crippen LogP contribution in [0.3, 0.4) is 0 Å². The van der Waals surface area contributed by atoms with Gasteiger partial charge in [0, 0.05) is 10.6 Å². The summed E-state index contributed by atoms with van der Waals surface area (Å²) in [6.07, 6.45) is -0.134. The van der Waals surface area contributed by atoms with Crippen LogP contribution in [0.15, 0.2) is 18.2 Å². The minimum Gasteiger partial charge on any atom is -0.454 e. The molecule has 0 saturated carbocycles. The van der Waals surface area contributed by atoms with Crippen LogP contribution in [0.4, 0.5) is 0 Å². The summed E-state index contributed by atoms with van der Waals surface area (Å²) in [4.78, 5) is 11.1. The van der Waals surface area contributed by atoms with E-state index in [1.807, 2.05) is 13.0 Å². The third-order valence-electron chi connectivity index (χ3n) is 1.96. The molecular formula is C9H7ClO2. The first-order valence-corrected chi connectivity index (χ1v) is 4.06. The Labute approximate surface area is 75.1 Å². The molecule has 0 amide bonds. The van der Waals surface area contributed by atoms with Gasteiger partial charge in [0.2, 0.25) is 0 Å². The molecule has 1 aromatic carbocycles. The Kier molecular flexibility index (Phi) is 1.58.